The van der Waals surface area contributed by atoms with Crippen LogP contribution in [0.1, 0.15) is 374 Å². The van der Waals surface area contributed by atoms with E-state index in [1.54, 1.807) is 0 Å². The minimum absolute atomic E-state index is 0.0800. The molecule has 0 aromatic rings. The predicted octanol–water partition coefficient (Wildman–Crippen LogP) is 24.8. The van der Waals surface area contributed by atoms with Gasteiger partial charge < -0.3 is 14.2 Å². The van der Waals surface area contributed by atoms with E-state index >= 15 is 0 Å². The minimum Gasteiger partial charge on any atom is -0.462 e. The molecule has 0 heterocycles. The maximum Gasteiger partial charge on any atom is 0.306 e. The van der Waals surface area contributed by atoms with Crippen molar-refractivity contribution in [3.05, 3.63) is 72.9 Å². The van der Waals surface area contributed by atoms with Crippen molar-refractivity contribution < 1.29 is 28.6 Å². The second kappa shape index (κ2) is 70.3. The van der Waals surface area contributed by atoms with Crippen LogP contribution in [-0.4, -0.2) is 37.2 Å². The lowest BCUT2D eigenvalue weighted by atomic mass is 10.0. The van der Waals surface area contributed by atoms with Crippen molar-refractivity contribution >= 4 is 17.9 Å². The highest BCUT2D eigenvalue weighted by Gasteiger charge is 2.19. The lowest BCUT2D eigenvalue weighted by Crippen LogP contribution is -2.30. The molecule has 1 unspecified atom stereocenters. The SMILES string of the molecule is CC/C=C\C/C=C\C/C=C\C/C=C\CCCCCCCCCCC(=O)OC(COC(=O)CCCCCCC/C=C\C/C=C\CCCCC)COC(=O)CCCCCCCCCCCCCCCCCCCCCCCCCCCCCC. The molecule has 0 saturated heterocycles. The first-order valence-electron chi connectivity index (χ1n) is 35.9. The third-order valence-corrected chi connectivity index (χ3v) is 15.9. The van der Waals surface area contributed by atoms with Crippen LogP contribution in [0.3, 0.4) is 0 Å². The summed E-state index contributed by atoms with van der Waals surface area (Å²) in [5, 5.41) is 0. The Hall–Kier alpha value is -3.15. The quantitative estimate of drug-likeness (QED) is 0.0261. The predicted molar refractivity (Wildman–Crippen MR) is 358 cm³/mol. The van der Waals surface area contributed by atoms with Crippen LogP contribution in [0.5, 0.6) is 0 Å². The van der Waals surface area contributed by atoms with E-state index in [-0.39, 0.29) is 31.1 Å². The number of carbonyl (C=O) groups excluding carboxylic acids is 3. The van der Waals surface area contributed by atoms with Gasteiger partial charge in [0, 0.05) is 19.3 Å². The maximum atomic E-state index is 13.0. The molecule has 476 valence electrons. The van der Waals surface area contributed by atoms with Gasteiger partial charge in [0.1, 0.15) is 13.2 Å². The van der Waals surface area contributed by atoms with Gasteiger partial charge in [-0.15, -0.1) is 0 Å². The average Bonchev–Trinajstić information content (AvgIpc) is 3.47. The first-order valence-corrected chi connectivity index (χ1v) is 35.9. The smallest absolute Gasteiger partial charge is 0.306 e. The van der Waals surface area contributed by atoms with Gasteiger partial charge in [0.2, 0.25) is 0 Å². The van der Waals surface area contributed by atoms with Crippen LogP contribution in [-0.2, 0) is 28.6 Å². The molecule has 0 bridgehead atoms. The van der Waals surface area contributed by atoms with Gasteiger partial charge in [-0.05, 0) is 89.9 Å². The Bertz CT molecular complexity index is 1500. The van der Waals surface area contributed by atoms with Crippen molar-refractivity contribution in [1.82, 2.24) is 0 Å². The summed E-state index contributed by atoms with van der Waals surface area (Å²) in [6.07, 6.45) is 92.2. The van der Waals surface area contributed by atoms with Crippen LogP contribution in [0.15, 0.2) is 72.9 Å². The summed E-state index contributed by atoms with van der Waals surface area (Å²) in [6, 6.07) is 0. The number of carbonyl (C=O) groups is 3. The van der Waals surface area contributed by atoms with Crippen LogP contribution in [0, 0.1) is 0 Å². The van der Waals surface area contributed by atoms with Crippen LogP contribution in [0.25, 0.3) is 0 Å². The van der Waals surface area contributed by atoms with Crippen molar-refractivity contribution in [3.63, 3.8) is 0 Å². The number of allylic oxidation sites excluding steroid dienone is 12. The van der Waals surface area contributed by atoms with E-state index in [4.69, 9.17) is 14.2 Å². The number of hydrogen-bond donors (Lipinski definition) is 0. The van der Waals surface area contributed by atoms with Crippen molar-refractivity contribution in [2.24, 2.45) is 0 Å². The third-order valence-electron chi connectivity index (χ3n) is 15.9. The Morgan fingerprint density at radius 3 is 0.768 bits per heavy atom. The fraction of sp³-hybridized carbons (Fsp3) is 0.803. The molecule has 0 fully saturated rings. The molecule has 0 aromatic heterocycles. The van der Waals surface area contributed by atoms with Crippen molar-refractivity contribution in [3.8, 4) is 0 Å². The molecule has 0 saturated carbocycles. The minimum atomic E-state index is -0.787. The van der Waals surface area contributed by atoms with Crippen LogP contribution in [0.4, 0.5) is 0 Å². The number of ether oxygens (including phenoxy) is 3. The summed E-state index contributed by atoms with van der Waals surface area (Å²) in [4.78, 5) is 38.5. The van der Waals surface area contributed by atoms with Gasteiger partial charge in [0.15, 0.2) is 6.10 Å². The normalized spacial score (nSPS) is 12.5. The Kier molecular flexibility index (Phi) is 67.6. The van der Waals surface area contributed by atoms with Crippen molar-refractivity contribution in [1.29, 1.82) is 0 Å². The average molecular weight is 1150 g/mol. The number of unbranched alkanes of at least 4 members (excludes halogenated alkanes) is 43. The van der Waals surface area contributed by atoms with Crippen molar-refractivity contribution in [2.75, 3.05) is 13.2 Å². The van der Waals surface area contributed by atoms with E-state index in [1.165, 1.54) is 225 Å². The molecule has 0 spiro atoms. The molecule has 0 rings (SSSR count). The Morgan fingerprint density at radius 1 is 0.256 bits per heavy atom. The molecule has 82 heavy (non-hydrogen) atoms. The highest BCUT2D eigenvalue weighted by atomic mass is 16.6. The molecule has 6 heteroatoms. The van der Waals surface area contributed by atoms with Crippen molar-refractivity contribution in [2.45, 2.75) is 380 Å². The highest BCUT2D eigenvalue weighted by Crippen LogP contribution is 2.18. The van der Waals surface area contributed by atoms with E-state index < -0.39 is 6.10 Å². The number of hydrogen-bond acceptors (Lipinski definition) is 6. The fourth-order valence-electron chi connectivity index (χ4n) is 10.6. The van der Waals surface area contributed by atoms with Gasteiger partial charge in [-0.25, -0.2) is 0 Å². The zero-order valence-corrected chi connectivity index (χ0v) is 54.8. The van der Waals surface area contributed by atoms with E-state index in [2.05, 4.69) is 93.7 Å². The molecule has 0 aliphatic heterocycles. The van der Waals surface area contributed by atoms with Gasteiger partial charge in [0.05, 0.1) is 0 Å². The van der Waals surface area contributed by atoms with Gasteiger partial charge >= 0.3 is 17.9 Å². The van der Waals surface area contributed by atoms with E-state index in [9.17, 15) is 14.4 Å². The van der Waals surface area contributed by atoms with Gasteiger partial charge in [-0.3, -0.25) is 14.4 Å². The molecular formula is C76H136O6. The van der Waals surface area contributed by atoms with E-state index in [0.29, 0.717) is 19.3 Å². The molecule has 0 N–H and O–H groups in total. The topological polar surface area (TPSA) is 78.9 Å². The second-order valence-electron chi connectivity index (χ2n) is 24.1. The van der Waals surface area contributed by atoms with Crippen LogP contribution >= 0.6 is 0 Å². The molecule has 6 nitrogen and oxygen atoms in total. The summed E-state index contributed by atoms with van der Waals surface area (Å²) in [5.41, 5.74) is 0. The van der Waals surface area contributed by atoms with Gasteiger partial charge in [-0.2, -0.15) is 0 Å². The van der Waals surface area contributed by atoms with Gasteiger partial charge in [-0.1, -0.05) is 338 Å². The maximum absolute atomic E-state index is 13.0. The molecule has 0 aliphatic rings. The number of esters is 3. The zero-order valence-electron chi connectivity index (χ0n) is 54.8. The Morgan fingerprint density at radius 2 is 0.476 bits per heavy atom. The fourth-order valence-corrected chi connectivity index (χ4v) is 10.6. The third kappa shape index (κ3) is 67.6. The van der Waals surface area contributed by atoms with Gasteiger partial charge in [0.25, 0.3) is 0 Å². The van der Waals surface area contributed by atoms with E-state index in [1.807, 2.05) is 0 Å². The van der Waals surface area contributed by atoms with Crippen LogP contribution < -0.4 is 0 Å². The number of rotatable bonds is 66. The molecular weight excluding hydrogens is 1010 g/mol. The first kappa shape index (κ1) is 78.8. The Balaban J connectivity index is 4.27. The summed E-state index contributed by atoms with van der Waals surface area (Å²) < 4.78 is 17.0. The summed E-state index contributed by atoms with van der Waals surface area (Å²) in [7, 11) is 0. The Labute approximate surface area is 510 Å². The molecule has 1 atom stereocenters. The van der Waals surface area contributed by atoms with Crippen LogP contribution in [0.2, 0.25) is 0 Å². The summed E-state index contributed by atoms with van der Waals surface area (Å²) in [5.74, 6) is -0.881. The summed E-state index contributed by atoms with van der Waals surface area (Å²) >= 11 is 0. The first-order chi connectivity index (χ1) is 40.5. The molecule has 0 aliphatic carbocycles. The monoisotopic (exact) mass is 1150 g/mol. The second-order valence-corrected chi connectivity index (χ2v) is 24.1. The largest absolute Gasteiger partial charge is 0.462 e. The molecule has 0 aromatic carbocycles. The lowest BCUT2D eigenvalue weighted by molar-refractivity contribution is -0.167. The lowest BCUT2D eigenvalue weighted by Gasteiger charge is -2.18. The highest BCUT2D eigenvalue weighted by molar-refractivity contribution is 5.71. The standard InChI is InChI=1S/C76H136O6/c1-4-7-10-13-16-19-22-25-28-30-32-34-35-36-37-38-39-40-42-43-45-48-51-54-57-60-63-66-69-75(78)81-72-73(71-80-74(77)68-65-62-59-56-53-50-47-27-24-21-18-15-12-9-6-3)82-76(79)70-67-64-61-58-55-52-49-46-44-41-33-31-29-26-23-20-17-14-11-8-5-2/h8,11,17-18,20-21,26-27,29,33,41,47,73H,4-7,9-10,12-16,19,22-25,28,30-32,34-40,42-46,48-72H2,1-3H3/b11-8-,20-17-,21-18-,29-26-,41-33-,47-27-. The zero-order chi connectivity index (χ0) is 59.2. The molecule has 0 radical (unpaired) electrons. The van der Waals surface area contributed by atoms with E-state index in [0.717, 1.165) is 109 Å². The molecule has 0 amide bonds. The summed E-state index contributed by atoms with van der Waals surface area (Å²) in [6.45, 7) is 6.54.